The minimum atomic E-state index is 0.776. The zero-order valence-corrected chi connectivity index (χ0v) is 8.17. The highest BCUT2D eigenvalue weighted by molar-refractivity contribution is 6.12. The molecule has 0 saturated heterocycles. The van der Waals surface area contributed by atoms with Crippen molar-refractivity contribution in [1.29, 1.82) is 0 Å². The van der Waals surface area contributed by atoms with Crippen molar-refractivity contribution in [2.24, 2.45) is 10.9 Å². The number of nitrogens with zero attached hydrogens (tertiary/aromatic N) is 2. The maximum atomic E-state index is 5.40. The number of aromatic nitrogens is 1. The molecule has 0 aliphatic carbocycles. The number of rotatable bonds is 2. The van der Waals surface area contributed by atoms with Gasteiger partial charge in [0.15, 0.2) is 0 Å². The molecular weight excluding hydrogens is 186 g/mol. The highest BCUT2D eigenvalue weighted by Crippen LogP contribution is 2.08. The fraction of sp³-hybridized carbons (Fsp3) is 0. The highest BCUT2D eigenvalue weighted by atomic mass is 15.1. The van der Waals surface area contributed by atoms with E-state index in [1.165, 1.54) is 0 Å². The van der Waals surface area contributed by atoms with E-state index in [0.717, 1.165) is 16.8 Å². The Bertz CT molecular complexity index is 407. The Hall–Kier alpha value is -2.16. The van der Waals surface area contributed by atoms with Crippen LogP contribution in [0.3, 0.4) is 0 Å². The molecule has 3 heteroatoms. The quantitative estimate of drug-likeness (QED) is 0.453. The van der Waals surface area contributed by atoms with E-state index in [9.17, 15) is 0 Å². The van der Waals surface area contributed by atoms with E-state index >= 15 is 0 Å². The van der Waals surface area contributed by atoms with Crippen LogP contribution in [0.15, 0.2) is 60.0 Å². The summed E-state index contributed by atoms with van der Waals surface area (Å²) in [6.07, 6.45) is 3.45. The molecule has 0 unspecified atom stereocenters. The molecule has 74 valence electrons. The summed E-state index contributed by atoms with van der Waals surface area (Å²) in [7, 11) is 0. The Labute approximate surface area is 88.3 Å². The van der Waals surface area contributed by atoms with E-state index in [2.05, 4.69) is 10.1 Å². The summed E-state index contributed by atoms with van der Waals surface area (Å²) in [5.74, 6) is 5.40. The van der Waals surface area contributed by atoms with Gasteiger partial charge in [-0.05, 0) is 12.1 Å². The summed E-state index contributed by atoms with van der Waals surface area (Å²) in [6, 6.07) is 13.6. The lowest BCUT2D eigenvalue weighted by atomic mass is 10.0. The zero-order valence-electron chi connectivity index (χ0n) is 8.17. The Morgan fingerprint density at radius 3 is 2.13 bits per heavy atom. The standard InChI is InChI=1S/C12H11N3/c13-15-12(10-4-2-1-3-5-10)11-6-8-14-9-7-11/h1-9H,13H2. The molecule has 2 rings (SSSR count). The zero-order chi connectivity index (χ0) is 10.5. The van der Waals surface area contributed by atoms with Gasteiger partial charge in [-0.2, -0.15) is 5.10 Å². The van der Waals surface area contributed by atoms with Crippen LogP contribution < -0.4 is 5.84 Å². The third kappa shape index (κ3) is 2.02. The van der Waals surface area contributed by atoms with Crippen molar-refractivity contribution in [3.8, 4) is 0 Å². The Morgan fingerprint density at radius 2 is 1.53 bits per heavy atom. The van der Waals surface area contributed by atoms with Gasteiger partial charge >= 0.3 is 0 Å². The molecular formula is C12H11N3. The maximum absolute atomic E-state index is 5.40. The van der Waals surface area contributed by atoms with Crippen LogP contribution in [-0.4, -0.2) is 10.7 Å². The molecule has 0 radical (unpaired) electrons. The first kappa shape index (κ1) is 9.40. The third-order valence-electron chi connectivity index (χ3n) is 2.13. The molecule has 0 bridgehead atoms. The molecule has 0 fully saturated rings. The minimum Gasteiger partial charge on any atom is -0.323 e. The molecule has 1 heterocycles. The van der Waals surface area contributed by atoms with E-state index in [0.29, 0.717) is 0 Å². The fourth-order valence-corrected chi connectivity index (χ4v) is 1.42. The smallest absolute Gasteiger partial charge is 0.0972 e. The van der Waals surface area contributed by atoms with Gasteiger partial charge in [-0.3, -0.25) is 4.98 Å². The SMILES string of the molecule is NN=C(c1ccccc1)c1ccncc1. The molecule has 1 aromatic carbocycles. The number of nitrogens with two attached hydrogens (primary N) is 1. The molecule has 15 heavy (non-hydrogen) atoms. The van der Waals surface area contributed by atoms with Crippen molar-refractivity contribution in [3.63, 3.8) is 0 Å². The average Bonchev–Trinajstić information content (AvgIpc) is 2.33. The Morgan fingerprint density at radius 1 is 0.933 bits per heavy atom. The van der Waals surface area contributed by atoms with Gasteiger partial charge < -0.3 is 5.84 Å². The Balaban J connectivity index is 2.44. The lowest BCUT2D eigenvalue weighted by Crippen LogP contribution is -2.06. The van der Waals surface area contributed by atoms with E-state index in [1.54, 1.807) is 12.4 Å². The highest BCUT2D eigenvalue weighted by Gasteiger charge is 2.04. The normalized spacial score (nSPS) is 11.3. The largest absolute Gasteiger partial charge is 0.323 e. The van der Waals surface area contributed by atoms with Crippen molar-refractivity contribution < 1.29 is 0 Å². The lowest BCUT2D eigenvalue weighted by molar-refractivity contribution is 1.23. The predicted molar refractivity (Wildman–Crippen MR) is 60.5 cm³/mol. The summed E-state index contributed by atoms with van der Waals surface area (Å²) in [6.45, 7) is 0. The van der Waals surface area contributed by atoms with Crippen LogP contribution >= 0.6 is 0 Å². The number of hydrogen-bond donors (Lipinski definition) is 1. The summed E-state index contributed by atoms with van der Waals surface area (Å²) < 4.78 is 0. The van der Waals surface area contributed by atoms with Crippen LogP contribution in [0.25, 0.3) is 0 Å². The number of pyridine rings is 1. The predicted octanol–water partition coefficient (Wildman–Crippen LogP) is 1.79. The van der Waals surface area contributed by atoms with Gasteiger partial charge in [-0.25, -0.2) is 0 Å². The average molecular weight is 197 g/mol. The van der Waals surface area contributed by atoms with Crippen molar-refractivity contribution >= 4 is 5.71 Å². The molecule has 3 nitrogen and oxygen atoms in total. The van der Waals surface area contributed by atoms with Crippen LogP contribution in [0.2, 0.25) is 0 Å². The minimum absolute atomic E-state index is 0.776. The molecule has 2 aromatic rings. The van der Waals surface area contributed by atoms with Gasteiger partial charge in [-0.1, -0.05) is 30.3 Å². The molecule has 2 N–H and O–H groups in total. The molecule has 0 amide bonds. The summed E-state index contributed by atoms with van der Waals surface area (Å²) in [5.41, 5.74) is 2.75. The van der Waals surface area contributed by atoms with Crippen LogP contribution in [0.5, 0.6) is 0 Å². The van der Waals surface area contributed by atoms with Crippen LogP contribution in [0.1, 0.15) is 11.1 Å². The molecule has 0 spiro atoms. The summed E-state index contributed by atoms with van der Waals surface area (Å²) in [4.78, 5) is 3.96. The van der Waals surface area contributed by atoms with Crippen LogP contribution in [-0.2, 0) is 0 Å². The van der Waals surface area contributed by atoms with Gasteiger partial charge in [0.25, 0.3) is 0 Å². The summed E-state index contributed by atoms with van der Waals surface area (Å²) in [5, 5.41) is 3.82. The number of benzene rings is 1. The Kier molecular flexibility index (Phi) is 2.74. The second-order valence-electron chi connectivity index (χ2n) is 3.08. The number of hydrogen-bond acceptors (Lipinski definition) is 3. The second-order valence-corrected chi connectivity index (χ2v) is 3.08. The van der Waals surface area contributed by atoms with Gasteiger partial charge in [0.1, 0.15) is 0 Å². The maximum Gasteiger partial charge on any atom is 0.0972 e. The molecule has 1 aromatic heterocycles. The van der Waals surface area contributed by atoms with E-state index in [1.807, 2.05) is 42.5 Å². The summed E-state index contributed by atoms with van der Waals surface area (Å²) >= 11 is 0. The first-order valence-electron chi connectivity index (χ1n) is 4.65. The lowest BCUT2D eigenvalue weighted by Gasteiger charge is -2.04. The second kappa shape index (κ2) is 4.37. The molecule has 0 aliphatic rings. The van der Waals surface area contributed by atoms with Crippen molar-refractivity contribution in [2.75, 3.05) is 0 Å². The third-order valence-corrected chi connectivity index (χ3v) is 2.13. The first-order valence-corrected chi connectivity index (χ1v) is 4.65. The van der Waals surface area contributed by atoms with E-state index in [-0.39, 0.29) is 0 Å². The van der Waals surface area contributed by atoms with Gasteiger partial charge in [0.05, 0.1) is 5.71 Å². The fourth-order valence-electron chi connectivity index (χ4n) is 1.42. The monoisotopic (exact) mass is 197 g/mol. The van der Waals surface area contributed by atoms with Gasteiger partial charge in [0.2, 0.25) is 0 Å². The first-order chi connectivity index (χ1) is 7.42. The topological polar surface area (TPSA) is 51.3 Å². The van der Waals surface area contributed by atoms with Gasteiger partial charge in [-0.15, -0.1) is 0 Å². The molecule has 0 aliphatic heterocycles. The molecule has 0 saturated carbocycles. The van der Waals surface area contributed by atoms with Crippen LogP contribution in [0, 0.1) is 0 Å². The van der Waals surface area contributed by atoms with Crippen molar-refractivity contribution in [1.82, 2.24) is 4.98 Å². The molecule has 0 atom stereocenters. The van der Waals surface area contributed by atoms with E-state index < -0.39 is 0 Å². The van der Waals surface area contributed by atoms with Crippen molar-refractivity contribution in [2.45, 2.75) is 0 Å². The van der Waals surface area contributed by atoms with Crippen LogP contribution in [0.4, 0.5) is 0 Å². The van der Waals surface area contributed by atoms with Crippen molar-refractivity contribution in [3.05, 3.63) is 66.0 Å². The van der Waals surface area contributed by atoms with Gasteiger partial charge in [0, 0.05) is 23.5 Å². The number of hydrazone groups is 1. The van der Waals surface area contributed by atoms with E-state index in [4.69, 9.17) is 5.84 Å².